The average molecular weight is 332 g/mol. The number of benzene rings is 3. The molecule has 3 rings (SSSR count). The van der Waals surface area contributed by atoms with Crippen LogP contribution in [0, 0.1) is 0 Å². The third kappa shape index (κ3) is 3.86. The van der Waals surface area contributed by atoms with Gasteiger partial charge in [-0.1, -0.05) is 36.4 Å². The molecule has 4 heteroatoms. The largest absolute Gasteiger partial charge is 0.375 e. The van der Waals surface area contributed by atoms with Gasteiger partial charge in [0.25, 0.3) is 0 Å². The Balaban J connectivity index is 1.77. The predicted octanol–water partition coefficient (Wildman–Crippen LogP) is 4.48. The van der Waals surface area contributed by atoms with Crippen LogP contribution in [-0.2, 0) is 4.79 Å². The van der Waals surface area contributed by atoms with Gasteiger partial charge in [-0.05, 0) is 42.6 Å². The van der Waals surface area contributed by atoms with E-state index in [4.69, 9.17) is 0 Å². The lowest BCUT2D eigenvalue weighted by Gasteiger charge is -2.16. The molecule has 0 aliphatic heterocycles. The van der Waals surface area contributed by atoms with Crippen molar-refractivity contribution in [3.63, 3.8) is 0 Å². The van der Waals surface area contributed by atoms with Gasteiger partial charge in [-0.15, -0.1) is 0 Å². The first-order chi connectivity index (χ1) is 12.0. The zero-order chi connectivity index (χ0) is 17.8. The molecule has 0 aliphatic carbocycles. The van der Waals surface area contributed by atoms with Crippen molar-refractivity contribution in [2.24, 2.45) is 0 Å². The summed E-state index contributed by atoms with van der Waals surface area (Å²) in [5.41, 5.74) is 2.22. The highest BCUT2D eigenvalue weighted by atomic mass is 16.1. The molecule has 0 unspecified atom stereocenters. The van der Waals surface area contributed by atoms with Gasteiger partial charge >= 0.3 is 0 Å². The highest BCUT2D eigenvalue weighted by Gasteiger charge is 2.16. The van der Waals surface area contributed by atoms with E-state index in [1.54, 1.807) is 24.3 Å². The molecule has 0 aliphatic rings. The van der Waals surface area contributed by atoms with Crippen molar-refractivity contribution in [2.45, 2.75) is 19.9 Å². The third-order valence-corrected chi connectivity index (χ3v) is 4.04. The summed E-state index contributed by atoms with van der Waals surface area (Å²) in [5.74, 6) is -0.132. The monoisotopic (exact) mass is 332 g/mol. The molecule has 0 spiro atoms. The molecule has 3 aromatic rings. The molecular weight excluding hydrogens is 312 g/mol. The first-order valence-corrected chi connectivity index (χ1v) is 8.21. The van der Waals surface area contributed by atoms with Crippen molar-refractivity contribution in [3.8, 4) is 0 Å². The van der Waals surface area contributed by atoms with Gasteiger partial charge in [0.15, 0.2) is 5.78 Å². The number of hydrogen-bond donors (Lipinski definition) is 2. The quantitative estimate of drug-likeness (QED) is 0.677. The van der Waals surface area contributed by atoms with Crippen molar-refractivity contribution in [2.75, 3.05) is 10.6 Å². The van der Waals surface area contributed by atoms with Crippen molar-refractivity contribution in [1.29, 1.82) is 0 Å². The van der Waals surface area contributed by atoms with Crippen LogP contribution in [0.4, 0.5) is 11.4 Å². The molecule has 0 radical (unpaired) electrons. The number of rotatable bonds is 5. The minimum atomic E-state index is -0.363. The Morgan fingerprint density at radius 2 is 1.56 bits per heavy atom. The van der Waals surface area contributed by atoms with E-state index in [1.165, 1.54) is 6.92 Å². The lowest BCUT2D eigenvalue weighted by molar-refractivity contribution is -0.114. The van der Waals surface area contributed by atoms with Gasteiger partial charge in [-0.3, -0.25) is 9.59 Å². The van der Waals surface area contributed by atoms with E-state index in [2.05, 4.69) is 10.6 Å². The number of ketones is 1. The molecule has 25 heavy (non-hydrogen) atoms. The van der Waals surface area contributed by atoms with E-state index in [9.17, 15) is 9.59 Å². The predicted molar refractivity (Wildman–Crippen MR) is 102 cm³/mol. The first kappa shape index (κ1) is 16.7. The fourth-order valence-corrected chi connectivity index (χ4v) is 2.82. The summed E-state index contributed by atoms with van der Waals surface area (Å²) in [4.78, 5) is 23.7. The van der Waals surface area contributed by atoms with Crippen LogP contribution in [0.3, 0.4) is 0 Å². The first-order valence-electron chi connectivity index (χ1n) is 8.21. The maximum absolute atomic E-state index is 12.7. The van der Waals surface area contributed by atoms with E-state index in [0.29, 0.717) is 11.3 Å². The molecule has 0 saturated heterocycles. The number of anilines is 2. The molecule has 0 bridgehead atoms. The number of fused-ring (bicyclic) bond motifs is 1. The maximum Gasteiger partial charge on any atom is 0.221 e. The normalized spacial score (nSPS) is 11.8. The molecule has 0 aromatic heterocycles. The van der Waals surface area contributed by atoms with E-state index in [1.807, 2.05) is 49.4 Å². The molecule has 1 amide bonds. The molecule has 0 saturated carbocycles. The van der Waals surface area contributed by atoms with Gasteiger partial charge < -0.3 is 10.6 Å². The summed E-state index contributed by atoms with van der Waals surface area (Å²) in [6.45, 7) is 3.31. The summed E-state index contributed by atoms with van der Waals surface area (Å²) in [6.07, 6.45) is 0. The zero-order valence-electron chi connectivity index (χ0n) is 14.2. The van der Waals surface area contributed by atoms with Crippen LogP contribution in [-0.4, -0.2) is 17.7 Å². The summed E-state index contributed by atoms with van der Waals surface area (Å²) >= 11 is 0. The summed E-state index contributed by atoms with van der Waals surface area (Å²) in [7, 11) is 0. The van der Waals surface area contributed by atoms with Crippen molar-refractivity contribution >= 4 is 33.8 Å². The molecule has 1 atom stereocenters. The van der Waals surface area contributed by atoms with Crippen LogP contribution < -0.4 is 10.6 Å². The topological polar surface area (TPSA) is 58.2 Å². The minimum Gasteiger partial charge on any atom is -0.375 e. The zero-order valence-corrected chi connectivity index (χ0v) is 14.2. The maximum atomic E-state index is 12.7. The third-order valence-electron chi connectivity index (χ3n) is 4.04. The highest BCUT2D eigenvalue weighted by molar-refractivity contribution is 6.03. The number of amides is 1. The second-order valence-corrected chi connectivity index (χ2v) is 6.02. The lowest BCUT2D eigenvalue weighted by atomic mass is 10.0. The second kappa shape index (κ2) is 7.18. The smallest absolute Gasteiger partial charge is 0.221 e. The van der Waals surface area contributed by atoms with E-state index in [-0.39, 0.29) is 17.7 Å². The molecule has 4 nitrogen and oxygen atoms in total. The SMILES string of the molecule is CC(=O)Nc1ccc(C(=O)[C@@H](C)Nc2cccc3ccccc23)cc1. The highest BCUT2D eigenvalue weighted by Crippen LogP contribution is 2.24. The second-order valence-electron chi connectivity index (χ2n) is 6.02. The van der Waals surface area contributed by atoms with Crippen LogP contribution in [0.5, 0.6) is 0 Å². The van der Waals surface area contributed by atoms with Crippen molar-refractivity contribution < 1.29 is 9.59 Å². The molecular formula is C21H20N2O2. The molecule has 126 valence electrons. The molecule has 0 fully saturated rings. The van der Waals surface area contributed by atoms with Gasteiger partial charge in [0, 0.05) is 29.2 Å². The van der Waals surface area contributed by atoms with Gasteiger partial charge in [-0.2, -0.15) is 0 Å². The number of nitrogens with one attached hydrogen (secondary N) is 2. The van der Waals surface area contributed by atoms with Gasteiger partial charge in [0.05, 0.1) is 6.04 Å². The van der Waals surface area contributed by atoms with Gasteiger partial charge in [0.1, 0.15) is 0 Å². The van der Waals surface area contributed by atoms with E-state index < -0.39 is 0 Å². The number of carbonyl (C=O) groups is 2. The van der Waals surface area contributed by atoms with Crippen LogP contribution in [0.15, 0.2) is 66.7 Å². The van der Waals surface area contributed by atoms with E-state index >= 15 is 0 Å². The average Bonchev–Trinajstić information content (AvgIpc) is 2.61. The van der Waals surface area contributed by atoms with Gasteiger partial charge in [0.2, 0.25) is 5.91 Å². The Kier molecular flexibility index (Phi) is 4.80. The van der Waals surface area contributed by atoms with Crippen molar-refractivity contribution in [3.05, 3.63) is 72.3 Å². The fraction of sp³-hybridized carbons (Fsp3) is 0.143. The fourth-order valence-electron chi connectivity index (χ4n) is 2.82. The Hall–Kier alpha value is -3.14. The lowest BCUT2D eigenvalue weighted by Crippen LogP contribution is -2.26. The Morgan fingerprint density at radius 1 is 0.880 bits per heavy atom. The molecule has 2 N–H and O–H groups in total. The number of Topliss-reactive ketones (excluding diaryl/α,β-unsaturated/α-hetero) is 1. The van der Waals surface area contributed by atoms with Crippen LogP contribution in [0.2, 0.25) is 0 Å². The summed E-state index contributed by atoms with van der Waals surface area (Å²) in [5, 5.41) is 8.22. The number of carbonyl (C=O) groups excluding carboxylic acids is 2. The molecule has 3 aromatic carbocycles. The standard InChI is InChI=1S/C21H20N2O2/c1-14(21(25)17-10-12-18(13-11-17)23-15(2)24)22-20-9-5-7-16-6-3-4-8-19(16)20/h3-14,22H,1-2H3,(H,23,24)/t14-/m1/s1. The Morgan fingerprint density at radius 3 is 2.28 bits per heavy atom. The van der Waals surface area contributed by atoms with Crippen LogP contribution >= 0.6 is 0 Å². The van der Waals surface area contributed by atoms with Crippen LogP contribution in [0.1, 0.15) is 24.2 Å². The van der Waals surface area contributed by atoms with E-state index in [0.717, 1.165) is 16.5 Å². The minimum absolute atomic E-state index is 0.00214. The number of hydrogen-bond acceptors (Lipinski definition) is 3. The molecule has 0 heterocycles. The summed E-state index contributed by atoms with van der Waals surface area (Å²) < 4.78 is 0. The van der Waals surface area contributed by atoms with Gasteiger partial charge in [-0.25, -0.2) is 0 Å². The van der Waals surface area contributed by atoms with Crippen LogP contribution in [0.25, 0.3) is 10.8 Å². The Bertz CT molecular complexity index is 911. The Labute approximate surface area is 146 Å². The van der Waals surface area contributed by atoms with Crippen molar-refractivity contribution in [1.82, 2.24) is 0 Å². The summed E-state index contributed by atoms with van der Waals surface area (Å²) in [6, 6.07) is 20.6.